The standard InChI is InChI=1S/C28H28N4O3S/c1-19-5-7-23(20(2)14-19)32-24(16-22(29-32)27-4-3-13-36-27)28(33)31-11-9-30(10-12-31)17-21-6-8-25-26(15-21)35-18-34-25/h3-8,13-16H,9-12,17-18H2,1-2H3. The number of aromatic nitrogens is 2. The molecule has 36 heavy (non-hydrogen) atoms. The molecule has 184 valence electrons. The van der Waals surface area contributed by atoms with Crippen molar-refractivity contribution in [3.63, 3.8) is 0 Å². The summed E-state index contributed by atoms with van der Waals surface area (Å²) in [5.74, 6) is 1.63. The van der Waals surface area contributed by atoms with Crippen molar-refractivity contribution in [2.24, 2.45) is 0 Å². The summed E-state index contributed by atoms with van der Waals surface area (Å²) >= 11 is 1.63. The molecule has 2 aliphatic heterocycles. The largest absolute Gasteiger partial charge is 0.454 e. The van der Waals surface area contributed by atoms with Gasteiger partial charge in [0, 0.05) is 32.7 Å². The molecule has 4 aromatic rings. The summed E-state index contributed by atoms with van der Waals surface area (Å²) in [5, 5.41) is 6.91. The van der Waals surface area contributed by atoms with Crippen molar-refractivity contribution in [3.05, 3.63) is 82.4 Å². The predicted octanol–water partition coefficient (Wildman–Crippen LogP) is 4.90. The highest BCUT2D eigenvalue weighted by atomic mass is 32.1. The van der Waals surface area contributed by atoms with E-state index in [1.807, 2.05) is 39.2 Å². The number of ether oxygens (including phenoxy) is 2. The maximum absolute atomic E-state index is 13.8. The van der Waals surface area contributed by atoms with Gasteiger partial charge in [-0.1, -0.05) is 29.8 Å². The van der Waals surface area contributed by atoms with Crippen LogP contribution in [0.5, 0.6) is 11.5 Å². The highest BCUT2D eigenvalue weighted by molar-refractivity contribution is 7.13. The quantitative estimate of drug-likeness (QED) is 0.390. The van der Waals surface area contributed by atoms with Crippen molar-refractivity contribution >= 4 is 17.2 Å². The predicted molar refractivity (Wildman–Crippen MR) is 140 cm³/mol. The van der Waals surface area contributed by atoms with Crippen molar-refractivity contribution in [2.45, 2.75) is 20.4 Å². The Balaban J connectivity index is 1.21. The number of carbonyl (C=O) groups excluding carboxylic acids is 1. The minimum atomic E-state index is 0.0213. The van der Waals surface area contributed by atoms with Crippen molar-refractivity contribution in [3.8, 4) is 27.8 Å². The molecule has 1 fully saturated rings. The lowest BCUT2D eigenvalue weighted by atomic mass is 10.1. The number of hydrogen-bond donors (Lipinski definition) is 0. The van der Waals surface area contributed by atoms with Gasteiger partial charge in [-0.25, -0.2) is 4.68 Å². The molecule has 0 aliphatic carbocycles. The van der Waals surface area contributed by atoms with Crippen LogP contribution in [0.25, 0.3) is 16.3 Å². The molecule has 0 unspecified atom stereocenters. The second-order valence-electron chi connectivity index (χ2n) is 9.35. The Bertz CT molecular complexity index is 1400. The first kappa shape index (κ1) is 22.8. The van der Waals surface area contributed by atoms with E-state index in [-0.39, 0.29) is 12.7 Å². The second kappa shape index (κ2) is 9.44. The van der Waals surface area contributed by atoms with Crippen LogP contribution in [0.15, 0.2) is 60.0 Å². The molecule has 0 saturated carbocycles. The summed E-state index contributed by atoms with van der Waals surface area (Å²) in [6.45, 7) is 8.23. The third-order valence-corrected chi connectivity index (χ3v) is 7.68. The fourth-order valence-electron chi connectivity index (χ4n) is 4.87. The average Bonchev–Trinajstić information content (AvgIpc) is 3.64. The molecular weight excluding hydrogens is 472 g/mol. The first-order valence-corrected chi connectivity index (χ1v) is 13.0. The average molecular weight is 501 g/mol. The fraction of sp³-hybridized carbons (Fsp3) is 0.286. The van der Waals surface area contributed by atoms with Gasteiger partial charge in [0.2, 0.25) is 6.79 Å². The van der Waals surface area contributed by atoms with Crippen LogP contribution in [0.4, 0.5) is 0 Å². The molecule has 0 spiro atoms. The second-order valence-corrected chi connectivity index (χ2v) is 10.3. The third kappa shape index (κ3) is 4.38. The van der Waals surface area contributed by atoms with Crippen molar-refractivity contribution in [1.82, 2.24) is 19.6 Å². The number of aryl methyl sites for hydroxylation is 2. The smallest absolute Gasteiger partial charge is 0.272 e. The normalized spacial score (nSPS) is 15.4. The van der Waals surface area contributed by atoms with Crippen LogP contribution in [0.3, 0.4) is 0 Å². The number of nitrogens with zero attached hydrogens (tertiary/aromatic N) is 4. The molecule has 2 aliphatic rings. The Morgan fingerprint density at radius 3 is 2.58 bits per heavy atom. The Kier molecular flexibility index (Phi) is 5.99. The van der Waals surface area contributed by atoms with E-state index in [0.29, 0.717) is 18.8 Å². The molecule has 1 amide bonds. The van der Waals surface area contributed by atoms with Gasteiger partial charge in [0.05, 0.1) is 10.6 Å². The van der Waals surface area contributed by atoms with E-state index < -0.39 is 0 Å². The van der Waals surface area contributed by atoms with E-state index in [4.69, 9.17) is 14.6 Å². The zero-order valence-corrected chi connectivity index (χ0v) is 21.3. The zero-order chi connectivity index (χ0) is 24.6. The fourth-order valence-corrected chi connectivity index (χ4v) is 5.55. The zero-order valence-electron chi connectivity index (χ0n) is 20.4. The van der Waals surface area contributed by atoms with Gasteiger partial charge in [-0.3, -0.25) is 9.69 Å². The monoisotopic (exact) mass is 500 g/mol. The number of hydrogen-bond acceptors (Lipinski definition) is 6. The van der Waals surface area contributed by atoms with Gasteiger partial charge < -0.3 is 14.4 Å². The minimum Gasteiger partial charge on any atom is -0.454 e. The Hall–Kier alpha value is -3.62. The molecule has 6 rings (SSSR count). The van der Waals surface area contributed by atoms with E-state index in [1.165, 1.54) is 11.1 Å². The summed E-state index contributed by atoms with van der Waals surface area (Å²) < 4.78 is 12.8. The summed E-state index contributed by atoms with van der Waals surface area (Å²) in [4.78, 5) is 19.1. The van der Waals surface area contributed by atoms with Crippen LogP contribution >= 0.6 is 11.3 Å². The van der Waals surface area contributed by atoms with E-state index in [1.54, 1.807) is 11.3 Å². The topological polar surface area (TPSA) is 59.8 Å². The van der Waals surface area contributed by atoms with Crippen LogP contribution in [-0.4, -0.2) is 58.5 Å². The summed E-state index contributed by atoms with van der Waals surface area (Å²) in [7, 11) is 0. The maximum Gasteiger partial charge on any atom is 0.272 e. The van der Waals surface area contributed by atoms with Crippen LogP contribution in [0.1, 0.15) is 27.2 Å². The molecule has 0 bridgehead atoms. The number of piperazine rings is 1. The summed E-state index contributed by atoms with van der Waals surface area (Å²) in [6, 6.07) is 18.3. The first-order valence-electron chi connectivity index (χ1n) is 12.2. The lowest BCUT2D eigenvalue weighted by molar-refractivity contribution is 0.0619. The van der Waals surface area contributed by atoms with E-state index in [9.17, 15) is 4.79 Å². The van der Waals surface area contributed by atoms with E-state index in [2.05, 4.69) is 49.1 Å². The Morgan fingerprint density at radius 2 is 1.81 bits per heavy atom. The number of rotatable bonds is 5. The Morgan fingerprint density at radius 1 is 0.972 bits per heavy atom. The molecule has 0 atom stereocenters. The first-order chi connectivity index (χ1) is 17.5. The minimum absolute atomic E-state index is 0.0213. The molecule has 0 N–H and O–H groups in total. The van der Waals surface area contributed by atoms with Crippen molar-refractivity contribution < 1.29 is 14.3 Å². The number of benzene rings is 2. The van der Waals surface area contributed by atoms with Crippen LogP contribution in [0.2, 0.25) is 0 Å². The highest BCUT2D eigenvalue weighted by Gasteiger charge is 2.27. The van der Waals surface area contributed by atoms with Gasteiger partial charge in [0.25, 0.3) is 5.91 Å². The molecule has 2 aromatic carbocycles. The van der Waals surface area contributed by atoms with Crippen LogP contribution < -0.4 is 9.47 Å². The summed E-state index contributed by atoms with van der Waals surface area (Å²) in [6.07, 6.45) is 0. The van der Waals surface area contributed by atoms with Crippen molar-refractivity contribution in [1.29, 1.82) is 0 Å². The molecular formula is C28H28N4O3S. The molecule has 1 saturated heterocycles. The van der Waals surface area contributed by atoms with Gasteiger partial charge in [-0.05, 0) is 60.7 Å². The van der Waals surface area contributed by atoms with E-state index in [0.717, 1.165) is 53.0 Å². The van der Waals surface area contributed by atoms with E-state index >= 15 is 0 Å². The number of amides is 1. The maximum atomic E-state index is 13.8. The molecule has 8 heteroatoms. The van der Waals surface area contributed by atoms with Gasteiger partial charge >= 0.3 is 0 Å². The summed E-state index contributed by atoms with van der Waals surface area (Å²) in [5.41, 5.74) is 5.84. The molecule has 0 radical (unpaired) electrons. The van der Waals surface area contributed by atoms with Crippen molar-refractivity contribution in [2.75, 3.05) is 33.0 Å². The lowest BCUT2D eigenvalue weighted by Crippen LogP contribution is -2.48. The highest BCUT2D eigenvalue weighted by Crippen LogP contribution is 2.33. The number of thiophene rings is 1. The van der Waals surface area contributed by atoms with Gasteiger partial charge in [-0.2, -0.15) is 5.10 Å². The van der Waals surface area contributed by atoms with Gasteiger partial charge in [0.1, 0.15) is 11.4 Å². The molecule has 4 heterocycles. The number of carbonyl (C=O) groups is 1. The SMILES string of the molecule is Cc1ccc(-n2nc(-c3cccs3)cc2C(=O)N2CCN(Cc3ccc4c(c3)OCO4)CC2)c(C)c1. The molecule has 7 nitrogen and oxygen atoms in total. The van der Waals surface area contributed by atoms with Crippen LogP contribution in [0, 0.1) is 13.8 Å². The van der Waals surface area contributed by atoms with Gasteiger partial charge in [0.15, 0.2) is 11.5 Å². The number of fused-ring (bicyclic) bond motifs is 1. The lowest BCUT2D eigenvalue weighted by Gasteiger charge is -2.34. The Labute approximate surface area is 214 Å². The van der Waals surface area contributed by atoms with Crippen LogP contribution in [-0.2, 0) is 6.54 Å². The third-order valence-electron chi connectivity index (χ3n) is 6.79. The van der Waals surface area contributed by atoms with Gasteiger partial charge in [-0.15, -0.1) is 11.3 Å². The molecule has 2 aromatic heterocycles.